The van der Waals surface area contributed by atoms with Crippen molar-refractivity contribution < 1.29 is 14.3 Å². The Hall–Kier alpha value is -4.46. The number of hydrogen-bond donors (Lipinski definition) is 3. The van der Waals surface area contributed by atoms with Gasteiger partial charge in [0, 0.05) is 24.1 Å². The predicted molar refractivity (Wildman–Crippen MR) is 136 cm³/mol. The Labute approximate surface area is 206 Å². The van der Waals surface area contributed by atoms with Crippen molar-refractivity contribution in [3.63, 3.8) is 0 Å². The van der Waals surface area contributed by atoms with Crippen LogP contribution in [0.5, 0.6) is 0 Å². The molecule has 9 nitrogen and oxygen atoms in total. The summed E-state index contributed by atoms with van der Waals surface area (Å²) < 4.78 is 7.19. The minimum atomic E-state index is -0.670. The molecular formula is C25H25N5O4S. The third-order valence-corrected chi connectivity index (χ3v) is 5.08. The first-order valence-electron chi connectivity index (χ1n) is 10.5. The number of rotatable bonds is 6. The molecule has 0 fully saturated rings. The lowest BCUT2D eigenvalue weighted by molar-refractivity contribution is -0.116. The summed E-state index contributed by atoms with van der Waals surface area (Å²) in [7, 11) is 0. The van der Waals surface area contributed by atoms with Crippen molar-refractivity contribution in [2.75, 3.05) is 17.2 Å². The second-order valence-corrected chi connectivity index (χ2v) is 8.92. The van der Waals surface area contributed by atoms with Crippen LogP contribution in [0.4, 0.5) is 16.2 Å². The highest BCUT2D eigenvalue weighted by Crippen LogP contribution is 2.16. The van der Waals surface area contributed by atoms with Crippen LogP contribution >= 0.6 is 11.3 Å². The molecule has 0 unspecified atom stereocenters. The van der Waals surface area contributed by atoms with E-state index in [0.717, 1.165) is 11.3 Å². The van der Waals surface area contributed by atoms with E-state index < -0.39 is 17.6 Å². The molecule has 180 valence electrons. The standard InChI is InChI=1S/C25H25N5O4S/c1-6-12-28-22(31)17(16-26)14-21-30(7-2)23(32)20(35-21)11-13-27-18-9-8-10-19(15-18)29-24(33)34-25(3,4)5/h1,8-10,13,15,27H,7,12H2,2-5H3,(H,28,31)(H,29,33). The van der Waals surface area contributed by atoms with Crippen LogP contribution in [0.2, 0.25) is 0 Å². The minimum Gasteiger partial charge on any atom is -0.444 e. The molecular weight excluding hydrogens is 466 g/mol. The third-order valence-electron chi connectivity index (χ3n) is 4.07. The van der Waals surface area contributed by atoms with Gasteiger partial charge in [-0.15, -0.1) is 6.42 Å². The average molecular weight is 492 g/mol. The molecule has 2 aromatic rings. The summed E-state index contributed by atoms with van der Waals surface area (Å²) in [4.78, 5) is 36.7. The molecule has 1 aromatic heterocycles. The zero-order valence-corrected chi connectivity index (χ0v) is 20.6. The Morgan fingerprint density at radius 3 is 2.63 bits per heavy atom. The summed E-state index contributed by atoms with van der Waals surface area (Å²) in [5.41, 5.74) is 5.51. The number of ether oxygens (including phenoxy) is 1. The molecule has 0 atom stereocenters. The van der Waals surface area contributed by atoms with E-state index in [4.69, 9.17) is 11.2 Å². The van der Waals surface area contributed by atoms with Gasteiger partial charge in [0.05, 0.1) is 6.54 Å². The molecule has 3 N–H and O–H groups in total. The summed E-state index contributed by atoms with van der Waals surface area (Å²) in [6.45, 7) is 7.37. The highest BCUT2D eigenvalue weighted by atomic mass is 32.1. The quantitative estimate of drug-likeness (QED) is 0.322. The zero-order valence-electron chi connectivity index (χ0n) is 19.8. The lowest BCUT2D eigenvalue weighted by atomic mass is 10.2. The van der Waals surface area contributed by atoms with Crippen LogP contribution in [0, 0.1) is 23.7 Å². The first kappa shape index (κ1) is 26.8. The lowest BCUT2D eigenvalue weighted by Gasteiger charge is -2.19. The smallest absolute Gasteiger partial charge is 0.412 e. The van der Waals surface area contributed by atoms with Gasteiger partial charge in [0.25, 0.3) is 11.5 Å². The highest BCUT2D eigenvalue weighted by Gasteiger charge is 2.16. The monoisotopic (exact) mass is 491 g/mol. The maximum absolute atomic E-state index is 12.7. The zero-order chi connectivity index (χ0) is 26.0. The maximum Gasteiger partial charge on any atom is 0.412 e. The van der Waals surface area contributed by atoms with Crippen LogP contribution in [0.25, 0.3) is 11.5 Å². The van der Waals surface area contributed by atoms with Gasteiger partial charge < -0.3 is 15.4 Å². The molecule has 0 saturated heterocycles. The Bertz CT molecular complexity index is 1450. The number of thiazole rings is 1. The number of nitriles is 1. The van der Waals surface area contributed by atoms with Gasteiger partial charge in [0.15, 0.2) is 5.57 Å². The van der Waals surface area contributed by atoms with Crippen molar-refractivity contribution in [2.45, 2.75) is 39.8 Å². The summed E-state index contributed by atoms with van der Waals surface area (Å²) in [6.07, 6.45) is 6.00. The molecule has 10 heteroatoms. The number of terminal acetylenes is 1. The van der Waals surface area contributed by atoms with Crippen molar-refractivity contribution in [3.8, 4) is 18.4 Å². The van der Waals surface area contributed by atoms with Crippen molar-refractivity contribution in [3.05, 3.63) is 55.6 Å². The Morgan fingerprint density at radius 1 is 1.29 bits per heavy atom. The van der Waals surface area contributed by atoms with Crippen LogP contribution in [-0.4, -0.2) is 28.7 Å². The number of amides is 2. The van der Waals surface area contributed by atoms with Crippen LogP contribution in [0.15, 0.2) is 40.8 Å². The van der Waals surface area contributed by atoms with Gasteiger partial charge in [-0.25, -0.2) is 4.79 Å². The fourth-order valence-corrected chi connectivity index (χ4v) is 3.62. The van der Waals surface area contributed by atoms with Crippen molar-refractivity contribution >= 4 is 46.2 Å². The van der Waals surface area contributed by atoms with E-state index >= 15 is 0 Å². The first-order valence-corrected chi connectivity index (χ1v) is 11.3. The minimum absolute atomic E-state index is 0.0291. The molecule has 0 aliphatic heterocycles. The number of benzene rings is 1. The summed E-state index contributed by atoms with van der Waals surface area (Å²) in [5.74, 6) is 1.58. The SMILES string of the molecule is C#CCNC(=O)C(=C=c1sc(=C=CNc2cccc(NC(=O)OC(C)(C)C)c2)c(=O)n1CC)C#N. The largest absolute Gasteiger partial charge is 0.444 e. The van der Waals surface area contributed by atoms with Gasteiger partial charge in [0.2, 0.25) is 0 Å². The molecule has 0 radical (unpaired) electrons. The molecule has 1 aromatic carbocycles. The molecule has 0 spiro atoms. The van der Waals surface area contributed by atoms with E-state index in [2.05, 4.69) is 33.3 Å². The Kier molecular flexibility index (Phi) is 9.28. The number of carbonyl (C=O) groups excluding carboxylic acids is 2. The van der Waals surface area contributed by atoms with Crippen molar-refractivity contribution in [1.82, 2.24) is 9.88 Å². The predicted octanol–water partition coefficient (Wildman–Crippen LogP) is 1.86. The van der Waals surface area contributed by atoms with E-state index in [1.165, 1.54) is 10.8 Å². The lowest BCUT2D eigenvalue weighted by Crippen LogP contribution is -2.30. The molecule has 1 heterocycles. The summed E-state index contributed by atoms with van der Waals surface area (Å²) >= 11 is 1.04. The topological polar surface area (TPSA) is 125 Å². The number of aromatic nitrogens is 1. The number of anilines is 2. The normalized spacial score (nSPS) is 10.0. The van der Waals surface area contributed by atoms with Gasteiger partial charge in [-0.05, 0) is 45.9 Å². The maximum atomic E-state index is 12.7. The number of carbonyl (C=O) groups is 2. The van der Waals surface area contributed by atoms with Crippen LogP contribution in [0.3, 0.4) is 0 Å². The van der Waals surface area contributed by atoms with Crippen LogP contribution in [-0.2, 0) is 16.1 Å². The molecule has 2 amide bonds. The summed E-state index contributed by atoms with van der Waals surface area (Å²) in [6, 6.07) is 8.69. The van der Waals surface area contributed by atoms with E-state index in [0.29, 0.717) is 22.6 Å². The van der Waals surface area contributed by atoms with Gasteiger partial charge >= 0.3 is 6.09 Å². The van der Waals surface area contributed by atoms with E-state index in [1.807, 2.05) is 0 Å². The van der Waals surface area contributed by atoms with Crippen LogP contribution in [0.1, 0.15) is 27.7 Å². The highest BCUT2D eigenvalue weighted by molar-refractivity contribution is 7.07. The first-order chi connectivity index (χ1) is 16.6. The molecule has 0 bridgehead atoms. The Balaban J connectivity index is 2.37. The molecule has 0 aliphatic rings. The van der Waals surface area contributed by atoms with Gasteiger partial charge in [0.1, 0.15) is 20.9 Å². The molecule has 35 heavy (non-hydrogen) atoms. The van der Waals surface area contributed by atoms with Crippen LogP contribution < -0.4 is 30.7 Å². The fourth-order valence-electron chi connectivity index (χ4n) is 2.64. The number of hydrogen-bond acceptors (Lipinski definition) is 7. The molecule has 0 aliphatic carbocycles. The molecule has 0 saturated carbocycles. The van der Waals surface area contributed by atoms with Crippen molar-refractivity contribution in [1.29, 1.82) is 5.26 Å². The number of nitrogens with zero attached hydrogens (tertiary/aromatic N) is 2. The van der Waals surface area contributed by atoms with Gasteiger partial charge in [-0.2, -0.15) is 5.26 Å². The fraction of sp³-hybridized carbons (Fsp3) is 0.280. The second kappa shape index (κ2) is 12.1. The van der Waals surface area contributed by atoms with E-state index in [-0.39, 0.29) is 22.2 Å². The van der Waals surface area contributed by atoms with Gasteiger partial charge in [-0.1, -0.05) is 34.8 Å². The summed E-state index contributed by atoms with van der Waals surface area (Å²) in [5, 5.41) is 17.3. The van der Waals surface area contributed by atoms with E-state index in [1.54, 1.807) is 58.0 Å². The molecule has 2 rings (SSSR count). The Morgan fingerprint density at radius 2 is 2.00 bits per heavy atom. The van der Waals surface area contributed by atoms with Crippen molar-refractivity contribution in [2.24, 2.45) is 0 Å². The average Bonchev–Trinajstić information content (AvgIpc) is 3.08. The van der Waals surface area contributed by atoms with Gasteiger partial charge in [-0.3, -0.25) is 19.5 Å². The number of nitrogens with one attached hydrogen (secondary N) is 3. The second-order valence-electron chi connectivity index (χ2n) is 7.93. The third kappa shape index (κ3) is 8.12. The van der Waals surface area contributed by atoms with E-state index in [9.17, 15) is 19.6 Å².